The van der Waals surface area contributed by atoms with E-state index in [1.807, 2.05) is 73.0 Å². The molecule has 0 saturated carbocycles. The monoisotopic (exact) mass is 293 g/mol. The lowest BCUT2D eigenvalue weighted by Gasteiger charge is -2.08. The van der Waals surface area contributed by atoms with Crippen molar-refractivity contribution in [1.29, 1.82) is 0 Å². The van der Waals surface area contributed by atoms with Crippen molar-refractivity contribution in [1.82, 2.24) is 0 Å². The molecule has 0 unspecified atom stereocenters. The predicted octanol–water partition coefficient (Wildman–Crippen LogP) is 4.98. The lowest BCUT2D eigenvalue weighted by molar-refractivity contribution is 0.103. The van der Waals surface area contributed by atoms with E-state index < -0.39 is 0 Å². The van der Waals surface area contributed by atoms with Gasteiger partial charge in [-0.15, -0.1) is 11.3 Å². The Kier molecular flexibility index (Phi) is 3.84. The van der Waals surface area contributed by atoms with Crippen LogP contribution >= 0.6 is 11.3 Å². The minimum Gasteiger partial charge on any atom is -0.321 e. The molecule has 0 bridgehead atoms. The normalized spacial score (nSPS) is 10.3. The first kappa shape index (κ1) is 13.6. The van der Waals surface area contributed by atoms with Crippen LogP contribution in [0, 0.1) is 6.92 Å². The lowest BCUT2D eigenvalue weighted by atomic mass is 10.1. The number of anilines is 1. The van der Waals surface area contributed by atoms with Gasteiger partial charge in [0.15, 0.2) is 0 Å². The second kappa shape index (κ2) is 5.94. The van der Waals surface area contributed by atoms with E-state index in [1.165, 1.54) is 11.3 Å². The maximum absolute atomic E-state index is 12.5. The first-order valence-corrected chi connectivity index (χ1v) is 7.63. The average Bonchev–Trinajstić information content (AvgIpc) is 3.00. The molecule has 2 aromatic carbocycles. The van der Waals surface area contributed by atoms with Crippen molar-refractivity contribution in [3.8, 4) is 11.1 Å². The van der Waals surface area contributed by atoms with Gasteiger partial charge >= 0.3 is 0 Å². The maximum atomic E-state index is 12.5. The van der Waals surface area contributed by atoms with E-state index in [1.54, 1.807) is 0 Å². The van der Waals surface area contributed by atoms with Crippen molar-refractivity contribution in [2.45, 2.75) is 6.92 Å². The summed E-state index contributed by atoms with van der Waals surface area (Å²) < 4.78 is 0. The minimum atomic E-state index is -0.0573. The largest absolute Gasteiger partial charge is 0.321 e. The summed E-state index contributed by atoms with van der Waals surface area (Å²) in [7, 11) is 0. The zero-order valence-corrected chi connectivity index (χ0v) is 12.5. The van der Waals surface area contributed by atoms with Gasteiger partial charge in [0.25, 0.3) is 5.91 Å². The number of benzene rings is 2. The van der Waals surface area contributed by atoms with Crippen LogP contribution in [0.4, 0.5) is 5.69 Å². The molecule has 0 atom stereocenters. The van der Waals surface area contributed by atoms with Gasteiger partial charge in [-0.1, -0.05) is 48.5 Å². The number of amides is 1. The van der Waals surface area contributed by atoms with E-state index in [2.05, 4.69) is 5.32 Å². The van der Waals surface area contributed by atoms with E-state index >= 15 is 0 Å². The molecule has 104 valence electrons. The third kappa shape index (κ3) is 2.88. The minimum absolute atomic E-state index is 0.0573. The van der Waals surface area contributed by atoms with Crippen LogP contribution in [0.5, 0.6) is 0 Å². The Hall–Kier alpha value is -2.39. The molecule has 0 radical (unpaired) electrons. The summed E-state index contributed by atoms with van der Waals surface area (Å²) in [6.45, 7) is 1.99. The second-order valence-electron chi connectivity index (χ2n) is 4.80. The molecule has 1 N–H and O–H groups in total. The summed E-state index contributed by atoms with van der Waals surface area (Å²) in [6.07, 6.45) is 0. The van der Waals surface area contributed by atoms with E-state index in [0.717, 1.165) is 27.3 Å². The van der Waals surface area contributed by atoms with Gasteiger partial charge in [0.2, 0.25) is 0 Å². The Morgan fingerprint density at radius 1 is 0.952 bits per heavy atom. The molecule has 0 spiro atoms. The van der Waals surface area contributed by atoms with Gasteiger partial charge in [-0.3, -0.25) is 4.79 Å². The number of carbonyl (C=O) groups excluding carboxylic acids is 1. The average molecular weight is 293 g/mol. The van der Waals surface area contributed by atoms with E-state index in [9.17, 15) is 4.79 Å². The van der Waals surface area contributed by atoms with Crippen LogP contribution in [0.3, 0.4) is 0 Å². The van der Waals surface area contributed by atoms with Crippen LogP contribution in [0.1, 0.15) is 15.2 Å². The van der Waals surface area contributed by atoms with E-state index in [-0.39, 0.29) is 5.91 Å². The number of rotatable bonds is 3. The lowest BCUT2D eigenvalue weighted by Crippen LogP contribution is -2.12. The third-order valence-electron chi connectivity index (χ3n) is 3.35. The fourth-order valence-electron chi connectivity index (χ4n) is 2.22. The first-order valence-electron chi connectivity index (χ1n) is 6.75. The molecular weight excluding hydrogens is 278 g/mol. The molecule has 3 rings (SSSR count). The van der Waals surface area contributed by atoms with Crippen molar-refractivity contribution in [2.24, 2.45) is 0 Å². The molecule has 0 aliphatic heterocycles. The van der Waals surface area contributed by atoms with Crippen molar-refractivity contribution in [3.05, 3.63) is 76.5 Å². The van der Waals surface area contributed by atoms with Gasteiger partial charge < -0.3 is 5.32 Å². The van der Waals surface area contributed by atoms with Crippen LogP contribution in [0.2, 0.25) is 0 Å². The van der Waals surface area contributed by atoms with Gasteiger partial charge in [0.05, 0.1) is 4.88 Å². The van der Waals surface area contributed by atoms with E-state index in [4.69, 9.17) is 0 Å². The summed E-state index contributed by atoms with van der Waals surface area (Å²) in [5, 5.41) is 4.95. The zero-order chi connectivity index (χ0) is 14.7. The van der Waals surface area contributed by atoms with Crippen LogP contribution in [0.25, 0.3) is 11.1 Å². The number of para-hydroxylation sites is 1. The summed E-state index contributed by atoms with van der Waals surface area (Å²) in [5.41, 5.74) is 3.96. The van der Waals surface area contributed by atoms with Gasteiger partial charge in [-0.05, 0) is 35.6 Å². The highest BCUT2D eigenvalue weighted by Crippen LogP contribution is 2.29. The summed E-state index contributed by atoms with van der Waals surface area (Å²) in [5.74, 6) is -0.0573. The maximum Gasteiger partial charge on any atom is 0.266 e. The molecule has 3 aromatic rings. The predicted molar refractivity (Wildman–Crippen MR) is 88.9 cm³/mol. The fraction of sp³-hybridized carbons (Fsp3) is 0.0556. The zero-order valence-electron chi connectivity index (χ0n) is 11.7. The summed E-state index contributed by atoms with van der Waals surface area (Å²) in [6, 6.07) is 19.8. The number of carbonyl (C=O) groups is 1. The molecule has 0 aliphatic rings. The molecule has 21 heavy (non-hydrogen) atoms. The highest BCUT2D eigenvalue weighted by molar-refractivity contribution is 7.12. The highest BCUT2D eigenvalue weighted by atomic mass is 32.1. The molecule has 0 saturated heterocycles. The second-order valence-corrected chi connectivity index (χ2v) is 5.71. The molecule has 0 fully saturated rings. The number of hydrogen-bond donors (Lipinski definition) is 1. The molecule has 1 aromatic heterocycles. The molecule has 2 nitrogen and oxygen atoms in total. The molecule has 0 aliphatic carbocycles. The Labute approximate surface area is 128 Å². The first-order chi connectivity index (χ1) is 10.3. The smallest absolute Gasteiger partial charge is 0.266 e. The van der Waals surface area contributed by atoms with Crippen molar-refractivity contribution in [2.75, 3.05) is 5.32 Å². The Balaban J connectivity index is 1.90. The number of nitrogens with one attached hydrogen (secondary N) is 1. The van der Waals surface area contributed by atoms with Crippen LogP contribution in [-0.2, 0) is 0 Å². The Morgan fingerprint density at radius 3 is 2.43 bits per heavy atom. The third-order valence-corrected chi connectivity index (χ3v) is 4.26. The molecule has 3 heteroatoms. The van der Waals surface area contributed by atoms with E-state index in [0.29, 0.717) is 0 Å². The quantitative estimate of drug-likeness (QED) is 0.725. The molecule has 1 heterocycles. The molecular formula is C18H15NOS. The number of aryl methyl sites for hydroxylation is 1. The van der Waals surface area contributed by atoms with Gasteiger partial charge in [0.1, 0.15) is 0 Å². The van der Waals surface area contributed by atoms with Crippen molar-refractivity contribution < 1.29 is 4.79 Å². The van der Waals surface area contributed by atoms with Gasteiger partial charge in [-0.2, -0.15) is 0 Å². The highest BCUT2D eigenvalue weighted by Gasteiger charge is 2.15. The van der Waals surface area contributed by atoms with Crippen molar-refractivity contribution in [3.63, 3.8) is 0 Å². The number of thiophene rings is 1. The number of hydrogen-bond acceptors (Lipinski definition) is 2. The topological polar surface area (TPSA) is 29.1 Å². The van der Waals surface area contributed by atoms with Crippen LogP contribution < -0.4 is 5.32 Å². The van der Waals surface area contributed by atoms with Gasteiger partial charge in [0, 0.05) is 11.3 Å². The summed E-state index contributed by atoms with van der Waals surface area (Å²) in [4.78, 5) is 13.3. The Morgan fingerprint density at radius 2 is 1.67 bits per heavy atom. The fourth-order valence-corrected chi connectivity index (χ4v) is 3.03. The Bertz CT molecular complexity index is 762. The summed E-state index contributed by atoms with van der Waals surface area (Å²) >= 11 is 1.47. The van der Waals surface area contributed by atoms with Gasteiger partial charge in [-0.25, -0.2) is 0 Å². The standard InChI is InChI=1S/C18H15NOS/c1-13-7-5-6-10-16(13)19-18(20)17-15(11-12-21-17)14-8-3-2-4-9-14/h2-12H,1H3,(H,19,20). The van der Waals surface area contributed by atoms with Crippen molar-refractivity contribution >= 4 is 22.9 Å². The SMILES string of the molecule is Cc1ccccc1NC(=O)c1sccc1-c1ccccc1. The molecule has 1 amide bonds. The van der Waals surface area contributed by atoms with Crippen LogP contribution in [-0.4, -0.2) is 5.91 Å². The van der Waals surface area contributed by atoms with Crippen LogP contribution in [0.15, 0.2) is 66.0 Å².